The van der Waals surface area contributed by atoms with Crippen molar-refractivity contribution in [2.45, 2.75) is 34.1 Å². The Bertz CT molecular complexity index is 395. The summed E-state index contributed by atoms with van der Waals surface area (Å²) in [5.74, 6) is 0.193. The van der Waals surface area contributed by atoms with E-state index in [1.54, 1.807) is 0 Å². The van der Waals surface area contributed by atoms with E-state index in [9.17, 15) is 8.78 Å². The predicted molar refractivity (Wildman–Crippen MR) is 60.8 cm³/mol. The predicted octanol–water partition coefficient (Wildman–Crippen LogP) is 4.37. The van der Waals surface area contributed by atoms with Crippen molar-refractivity contribution >= 4 is 0 Å². The van der Waals surface area contributed by atoms with Crippen LogP contribution in [-0.4, -0.2) is 0 Å². The van der Waals surface area contributed by atoms with Gasteiger partial charge in [0.05, 0.1) is 0 Å². The third-order valence-corrected chi connectivity index (χ3v) is 2.45. The molecule has 0 amide bonds. The van der Waals surface area contributed by atoms with E-state index in [0.717, 1.165) is 17.5 Å². The fraction of sp³-hybridized carbons (Fsp3) is 0.385. The minimum absolute atomic E-state index is 0.338. The molecule has 3 heteroatoms. The topological polar surface area (TPSA) is 9.23 Å². The van der Waals surface area contributed by atoms with Crippen LogP contribution in [0, 0.1) is 13.8 Å². The van der Waals surface area contributed by atoms with Gasteiger partial charge in [-0.1, -0.05) is 19.1 Å². The Balaban J connectivity index is 3.11. The van der Waals surface area contributed by atoms with Gasteiger partial charge in [0.15, 0.2) is 5.76 Å². The fourth-order valence-corrected chi connectivity index (χ4v) is 1.60. The van der Waals surface area contributed by atoms with E-state index in [4.69, 9.17) is 4.74 Å². The molecular weight excluding hydrogens is 210 g/mol. The van der Waals surface area contributed by atoms with Gasteiger partial charge in [0.1, 0.15) is 5.75 Å². The van der Waals surface area contributed by atoms with Crippen molar-refractivity contribution < 1.29 is 13.5 Å². The number of halogens is 2. The van der Waals surface area contributed by atoms with Gasteiger partial charge >= 0.3 is 6.08 Å². The summed E-state index contributed by atoms with van der Waals surface area (Å²) < 4.78 is 29.7. The zero-order valence-corrected chi connectivity index (χ0v) is 10.0. The van der Waals surface area contributed by atoms with E-state index >= 15 is 0 Å². The fourth-order valence-electron chi connectivity index (χ4n) is 1.60. The molecule has 1 nitrogen and oxygen atoms in total. The number of ether oxygens (including phenoxy) is 1. The van der Waals surface area contributed by atoms with Gasteiger partial charge in [-0.3, -0.25) is 0 Å². The Labute approximate surface area is 94.7 Å². The molecular formula is C13H16F2O. The van der Waals surface area contributed by atoms with E-state index in [-0.39, 0.29) is 5.76 Å². The van der Waals surface area contributed by atoms with Crippen LogP contribution in [0.1, 0.15) is 30.5 Å². The lowest BCUT2D eigenvalue weighted by Gasteiger charge is -2.13. The number of aryl methyl sites for hydroxylation is 3. The average Bonchev–Trinajstić information content (AvgIpc) is 2.22. The van der Waals surface area contributed by atoms with Gasteiger partial charge in [0, 0.05) is 0 Å². The van der Waals surface area contributed by atoms with Gasteiger partial charge in [-0.2, -0.15) is 8.78 Å². The first kappa shape index (κ1) is 12.7. The number of rotatable bonds is 3. The van der Waals surface area contributed by atoms with Crippen LogP contribution in [0.15, 0.2) is 24.0 Å². The highest BCUT2D eigenvalue weighted by Gasteiger charge is 2.09. The normalized spacial score (nSPS) is 10.1. The largest absolute Gasteiger partial charge is 0.456 e. The smallest absolute Gasteiger partial charge is 0.307 e. The second-order valence-electron chi connectivity index (χ2n) is 3.83. The molecule has 0 bridgehead atoms. The standard InChI is InChI=1S/C13H16F2O/c1-5-11-6-8(2)12(9(3)7-11)16-10(4)13(14)15/h6-7H,5H2,1-4H3. The van der Waals surface area contributed by atoms with E-state index in [0.29, 0.717) is 5.75 Å². The lowest BCUT2D eigenvalue weighted by Crippen LogP contribution is -1.98. The maximum absolute atomic E-state index is 12.3. The Morgan fingerprint density at radius 3 is 2.06 bits per heavy atom. The van der Waals surface area contributed by atoms with Crippen LogP contribution in [0.25, 0.3) is 0 Å². The molecule has 16 heavy (non-hydrogen) atoms. The van der Waals surface area contributed by atoms with Crippen molar-refractivity contribution in [3.63, 3.8) is 0 Å². The molecule has 0 aliphatic heterocycles. The molecule has 88 valence electrons. The third kappa shape index (κ3) is 2.81. The molecule has 0 radical (unpaired) electrons. The van der Waals surface area contributed by atoms with Gasteiger partial charge in [0.25, 0.3) is 0 Å². The summed E-state index contributed by atoms with van der Waals surface area (Å²) in [6.07, 6.45) is -0.854. The van der Waals surface area contributed by atoms with E-state index in [1.807, 2.05) is 26.0 Å². The highest BCUT2D eigenvalue weighted by atomic mass is 19.3. The van der Waals surface area contributed by atoms with E-state index in [2.05, 4.69) is 6.92 Å². The molecule has 0 saturated heterocycles. The van der Waals surface area contributed by atoms with Crippen molar-refractivity contribution in [1.82, 2.24) is 0 Å². The van der Waals surface area contributed by atoms with Crippen LogP contribution >= 0.6 is 0 Å². The quantitative estimate of drug-likeness (QED) is 0.695. The lowest BCUT2D eigenvalue weighted by atomic mass is 10.0. The second-order valence-corrected chi connectivity index (χ2v) is 3.83. The molecule has 0 fully saturated rings. The Morgan fingerprint density at radius 2 is 1.69 bits per heavy atom. The number of hydrogen-bond donors (Lipinski definition) is 0. The van der Waals surface area contributed by atoms with Crippen molar-refractivity contribution in [2.24, 2.45) is 0 Å². The summed E-state index contributed by atoms with van der Waals surface area (Å²) in [5, 5.41) is 0. The maximum atomic E-state index is 12.3. The summed E-state index contributed by atoms with van der Waals surface area (Å²) >= 11 is 0. The lowest BCUT2D eigenvalue weighted by molar-refractivity contribution is 0.328. The minimum atomic E-state index is -1.78. The molecule has 0 aliphatic rings. The second kappa shape index (κ2) is 5.10. The summed E-state index contributed by atoms with van der Waals surface area (Å²) in [4.78, 5) is 0. The van der Waals surface area contributed by atoms with Crippen LogP contribution < -0.4 is 4.74 Å². The van der Waals surface area contributed by atoms with Crippen molar-refractivity contribution in [2.75, 3.05) is 0 Å². The molecule has 0 saturated carbocycles. The van der Waals surface area contributed by atoms with Crippen molar-refractivity contribution in [3.05, 3.63) is 40.7 Å². The zero-order chi connectivity index (χ0) is 12.3. The number of benzene rings is 1. The van der Waals surface area contributed by atoms with Gasteiger partial charge in [0.2, 0.25) is 0 Å². The monoisotopic (exact) mass is 226 g/mol. The van der Waals surface area contributed by atoms with Crippen molar-refractivity contribution in [3.8, 4) is 5.75 Å². The van der Waals surface area contributed by atoms with Gasteiger partial charge in [-0.25, -0.2) is 0 Å². The third-order valence-electron chi connectivity index (χ3n) is 2.45. The Morgan fingerprint density at radius 1 is 1.19 bits per heavy atom. The summed E-state index contributed by atoms with van der Waals surface area (Å²) in [6, 6.07) is 3.93. The molecule has 0 aromatic heterocycles. The van der Waals surface area contributed by atoms with Crippen LogP contribution in [0.4, 0.5) is 8.78 Å². The summed E-state index contributed by atoms with van der Waals surface area (Å²) in [7, 11) is 0. The molecule has 1 rings (SSSR count). The minimum Gasteiger partial charge on any atom is -0.456 e. The van der Waals surface area contributed by atoms with Crippen LogP contribution in [-0.2, 0) is 6.42 Å². The molecule has 1 aromatic rings. The highest BCUT2D eigenvalue weighted by Crippen LogP contribution is 2.27. The van der Waals surface area contributed by atoms with E-state index < -0.39 is 6.08 Å². The van der Waals surface area contributed by atoms with Crippen LogP contribution in [0.3, 0.4) is 0 Å². The summed E-state index contributed by atoms with van der Waals surface area (Å²) in [5.41, 5.74) is 2.96. The average molecular weight is 226 g/mol. The Kier molecular flexibility index (Phi) is 4.05. The summed E-state index contributed by atoms with van der Waals surface area (Å²) in [6.45, 7) is 7.05. The molecule has 0 unspecified atom stereocenters. The van der Waals surface area contributed by atoms with Crippen molar-refractivity contribution in [1.29, 1.82) is 0 Å². The first-order valence-electron chi connectivity index (χ1n) is 5.25. The first-order chi connectivity index (χ1) is 7.45. The number of hydrogen-bond acceptors (Lipinski definition) is 1. The maximum Gasteiger partial charge on any atom is 0.307 e. The van der Waals surface area contributed by atoms with Gasteiger partial charge < -0.3 is 4.74 Å². The Hall–Kier alpha value is -1.38. The number of allylic oxidation sites excluding steroid dienone is 1. The zero-order valence-electron chi connectivity index (χ0n) is 10.0. The molecule has 0 heterocycles. The van der Waals surface area contributed by atoms with Gasteiger partial charge in [-0.05, 0) is 43.9 Å². The van der Waals surface area contributed by atoms with Gasteiger partial charge in [-0.15, -0.1) is 0 Å². The first-order valence-corrected chi connectivity index (χ1v) is 5.25. The molecule has 0 spiro atoms. The molecule has 0 atom stereocenters. The van der Waals surface area contributed by atoms with E-state index in [1.165, 1.54) is 12.5 Å². The highest BCUT2D eigenvalue weighted by molar-refractivity contribution is 5.44. The molecule has 1 aromatic carbocycles. The molecule has 0 N–H and O–H groups in total. The van der Waals surface area contributed by atoms with Crippen LogP contribution in [0.5, 0.6) is 5.75 Å². The van der Waals surface area contributed by atoms with Crippen LogP contribution in [0.2, 0.25) is 0 Å². The molecule has 0 aliphatic carbocycles. The SMILES string of the molecule is CCc1cc(C)c(OC(C)=C(F)F)c(C)c1.